The molecular formula is C51H33N3S. The summed E-state index contributed by atoms with van der Waals surface area (Å²) in [6.45, 7) is 0. The second-order valence-electron chi connectivity index (χ2n) is 13.6. The minimum atomic E-state index is 0.649. The van der Waals surface area contributed by atoms with Crippen LogP contribution in [0.15, 0.2) is 200 Å². The van der Waals surface area contributed by atoms with Crippen LogP contribution < -0.4 is 0 Å². The van der Waals surface area contributed by atoms with Gasteiger partial charge in [-0.3, -0.25) is 0 Å². The summed E-state index contributed by atoms with van der Waals surface area (Å²) >= 11 is 1.88. The maximum atomic E-state index is 4.95. The summed E-state index contributed by atoms with van der Waals surface area (Å²) in [7, 11) is 0. The summed E-state index contributed by atoms with van der Waals surface area (Å²) in [6, 6.07) is 70.6. The molecule has 0 radical (unpaired) electrons. The lowest BCUT2D eigenvalue weighted by Crippen LogP contribution is -2.00. The van der Waals surface area contributed by atoms with E-state index < -0.39 is 0 Å². The van der Waals surface area contributed by atoms with Crippen LogP contribution in [0.25, 0.3) is 98.8 Å². The summed E-state index contributed by atoms with van der Waals surface area (Å²) in [5.41, 5.74) is 12.5. The number of benzene rings is 8. The monoisotopic (exact) mass is 719 g/mol. The molecule has 4 heteroatoms. The molecule has 2 aromatic heterocycles. The molecule has 8 aromatic carbocycles. The van der Waals surface area contributed by atoms with Crippen molar-refractivity contribution in [2.75, 3.05) is 0 Å². The highest BCUT2D eigenvalue weighted by molar-refractivity contribution is 7.26. The van der Waals surface area contributed by atoms with Gasteiger partial charge in [0, 0.05) is 42.4 Å². The Bertz CT molecular complexity index is 2880. The first-order chi connectivity index (χ1) is 27.2. The Hall–Kier alpha value is -7.01. The molecule has 0 aliphatic carbocycles. The molecule has 258 valence electrons. The van der Waals surface area contributed by atoms with Crippen molar-refractivity contribution in [1.29, 1.82) is 0 Å². The zero-order valence-corrected chi connectivity index (χ0v) is 30.6. The fourth-order valence-corrected chi connectivity index (χ4v) is 8.73. The number of fused-ring (bicyclic) bond motifs is 3. The SMILES string of the molecule is c1ccc(-c2cccc(-c3cc(-c4ccccc4)c4sc5c(-c6ccc(-c7nc(-c8ccccc8)nc(-c8ccccc8)n7)cc6)cccc5c4c3)c2)cc1. The van der Waals surface area contributed by atoms with Gasteiger partial charge in [0.25, 0.3) is 0 Å². The number of rotatable bonds is 7. The zero-order valence-electron chi connectivity index (χ0n) is 29.8. The molecule has 0 saturated heterocycles. The van der Waals surface area contributed by atoms with E-state index in [9.17, 15) is 0 Å². The molecule has 0 saturated carbocycles. The third-order valence-corrected chi connectivity index (χ3v) is 11.4. The van der Waals surface area contributed by atoms with Gasteiger partial charge in [0.05, 0.1) is 0 Å². The van der Waals surface area contributed by atoms with E-state index >= 15 is 0 Å². The molecule has 10 aromatic rings. The summed E-state index contributed by atoms with van der Waals surface area (Å²) < 4.78 is 2.57. The summed E-state index contributed by atoms with van der Waals surface area (Å²) in [4.78, 5) is 14.8. The van der Waals surface area contributed by atoms with Crippen molar-refractivity contribution in [2.45, 2.75) is 0 Å². The first-order valence-electron chi connectivity index (χ1n) is 18.4. The highest BCUT2D eigenvalue weighted by atomic mass is 32.1. The molecule has 0 aliphatic heterocycles. The van der Waals surface area contributed by atoms with Crippen LogP contribution in [0, 0.1) is 0 Å². The molecule has 55 heavy (non-hydrogen) atoms. The molecule has 0 spiro atoms. The van der Waals surface area contributed by atoms with E-state index in [1.54, 1.807) is 0 Å². The van der Waals surface area contributed by atoms with Gasteiger partial charge >= 0.3 is 0 Å². The van der Waals surface area contributed by atoms with E-state index in [1.165, 1.54) is 59.1 Å². The predicted molar refractivity (Wildman–Crippen MR) is 231 cm³/mol. The molecular weight excluding hydrogens is 687 g/mol. The average Bonchev–Trinajstić information content (AvgIpc) is 3.66. The minimum absolute atomic E-state index is 0.649. The van der Waals surface area contributed by atoms with E-state index in [0.717, 1.165) is 22.3 Å². The van der Waals surface area contributed by atoms with Gasteiger partial charge in [-0.1, -0.05) is 182 Å². The van der Waals surface area contributed by atoms with Crippen molar-refractivity contribution in [3.05, 3.63) is 200 Å². The Kier molecular flexibility index (Phi) is 8.36. The van der Waals surface area contributed by atoms with Gasteiger partial charge in [-0.15, -0.1) is 11.3 Å². The molecule has 0 atom stereocenters. The topological polar surface area (TPSA) is 38.7 Å². The molecule has 0 unspecified atom stereocenters. The van der Waals surface area contributed by atoms with E-state index in [0.29, 0.717) is 17.5 Å². The Morgan fingerprint density at radius 3 is 1.25 bits per heavy atom. The highest BCUT2D eigenvalue weighted by Crippen LogP contribution is 2.46. The fourth-order valence-electron chi connectivity index (χ4n) is 7.37. The molecule has 0 bridgehead atoms. The maximum Gasteiger partial charge on any atom is 0.164 e. The van der Waals surface area contributed by atoms with Crippen molar-refractivity contribution in [2.24, 2.45) is 0 Å². The van der Waals surface area contributed by atoms with Gasteiger partial charge in [-0.2, -0.15) is 0 Å². The van der Waals surface area contributed by atoms with Crippen LogP contribution >= 0.6 is 11.3 Å². The number of hydrogen-bond acceptors (Lipinski definition) is 4. The Labute approximate surface area is 323 Å². The smallest absolute Gasteiger partial charge is 0.164 e. The van der Waals surface area contributed by atoms with Gasteiger partial charge in [0.2, 0.25) is 0 Å². The molecule has 0 fully saturated rings. The lowest BCUT2D eigenvalue weighted by molar-refractivity contribution is 1.07. The number of aromatic nitrogens is 3. The van der Waals surface area contributed by atoms with Gasteiger partial charge in [-0.05, 0) is 57.1 Å². The van der Waals surface area contributed by atoms with Crippen LogP contribution in [0.2, 0.25) is 0 Å². The molecule has 3 nitrogen and oxygen atoms in total. The average molecular weight is 720 g/mol. The van der Waals surface area contributed by atoms with Crippen molar-refractivity contribution >= 4 is 31.5 Å². The first-order valence-corrected chi connectivity index (χ1v) is 19.3. The standard InChI is InChI=1S/C51H33N3S/c1-5-15-34(16-6-1)40-23-13-24-41(31-40)42-32-45(35-17-7-2-8-18-35)48-46(33-42)44-26-14-25-43(47(44)55-48)36-27-29-39(30-28-36)51-53-49(37-19-9-3-10-20-37)52-50(54-51)38-21-11-4-12-22-38/h1-33H. The van der Waals surface area contributed by atoms with E-state index in [2.05, 4.69) is 140 Å². The van der Waals surface area contributed by atoms with Crippen LogP contribution in [0.5, 0.6) is 0 Å². The summed E-state index contributed by atoms with van der Waals surface area (Å²) in [5, 5.41) is 2.53. The number of hydrogen-bond donors (Lipinski definition) is 0. The summed E-state index contributed by atoms with van der Waals surface area (Å²) in [6.07, 6.45) is 0. The van der Waals surface area contributed by atoms with Crippen molar-refractivity contribution in [3.8, 4) is 78.7 Å². The fraction of sp³-hybridized carbons (Fsp3) is 0. The van der Waals surface area contributed by atoms with Crippen molar-refractivity contribution < 1.29 is 0 Å². The number of thiophene rings is 1. The third kappa shape index (κ3) is 6.29. The second-order valence-corrected chi connectivity index (χ2v) is 14.6. The zero-order chi connectivity index (χ0) is 36.6. The lowest BCUT2D eigenvalue weighted by Gasteiger charge is -2.10. The second kappa shape index (κ2) is 14.1. The predicted octanol–water partition coefficient (Wildman–Crippen LogP) is 13.9. The van der Waals surface area contributed by atoms with Crippen LogP contribution in [0.1, 0.15) is 0 Å². The molecule has 0 amide bonds. The van der Waals surface area contributed by atoms with E-state index in [-0.39, 0.29) is 0 Å². The quantitative estimate of drug-likeness (QED) is 0.165. The van der Waals surface area contributed by atoms with Gasteiger partial charge < -0.3 is 0 Å². The van der Waals surface area contributed by atoms with Crippen LogP contribution in [-0.2, 0) is 0 Å². The van der Waals surface area contributed by atoms with Crippen LogP contribution in [0.4, 0.5) is 0 Å². The Morgan fingerprint density at radius 2 is 0.673 bits per heavy atom. The van der Waals surface area contributed by atoms with Gasteiger partial charge in [0.15, 0.2) is 17.5 Å². The highest BCUT2D eigenvalue weighted by Gasteiger charge is 2.17. The van der Waals surface area contributed by atoms with Crippen molar-refractivity contribution in [3.63, 3.8) is 0 Å². The lowest BCUT2D eigenvalue weighted by atomic mass is 9.93. The van der Waals surface area contributed by atoms with Crippen LogP contribution in [-0.4, -0.2) is 15.0 Å². The largest absolute Gasteiger partial charge is 0.208 e. The third-order valence-electron chi connectivity index (χ3n) is 10.1. The minimum Gasteiger partial charge on any atom is -0.208 e. The van der Waals surface area contributed by atoms with E-state index in [4.69, 9.17) is 15.0 Å². The molecule has 2 heterocycles. The van der Waals surface area contributed by atoms with Crippen LogP contribution in [0.3, 0.4) is 0 Å². The van der Waals surface area contributed by atoms with E-state index in [1.807, 2.05) is 72.0 Å². The van der Waals surface area contributed by atoms with Gasteiger partial charge in [-0.25, -0.2) is 15.0 Å². The molecule has 10 rings (SSSR count). The van der Waals surface area contributed by atoms with Gasteiger partial charge in [0.1, 0.15) is 0 Å². The molecule has 0 aliphatic rings. The number of nitrogens with zero attached hydrogens (tertiary/aromatic N) is 3. The first kappa shape index (κ1) is 32.6. The Morgan fingerprint density at radius 1 is 0.255 bits per heavy atom. The Balaban J connectivity index is 1.09. The maximum absolute atomic E-state index is 4.95. The summed E-state index contributed by atoms with van der Waals surface area (Å²) in [5.74, 6) is 1.96. The van der Waals surface area contributed by atoms with Crippen molar-refractivity contribution in [1.82, 2.24) is 15.0 Å². The molecule has 0 N–H and O–H groups in total. The normalized spacial score (nSPS) is 11.3.